The summed E-state index contributed by atoms with van der Waals surface area (Å²) in [6.45, 7) is 4.48. The number of methoxy groups -OCH3 is 1. The highest BCUT2D eigenvalue weighted by Gasteiger charge is 2.54. The number of hydrogen-bond donors (Lipinski definition) is 1. The van der Waals surface area contributed by atoms with E-state index in [-0.39, 0.29) is 18.4 Å². The first-order valence-electron chi connectivity index (χ1n) is 9.42. The second kappa shape index (κ2) is 7.79. The van der Waals surface area contributed by atoms with E-state index < -0.39 is 23.6 Å². The van der Waals surface area contributed by atoms with Crippen molar-refractivity contribution >= 4 is 17.8 Å². The lowest BCUT2D eigenvalue weighted by atomic mass is 9.96. The average Bonchev–Trinajstić information content (AvgIpc) is 3.06. The maximum absolute atomic E-state index is 13.2. The Balaban J connectivity index is 1.85. The maximum Gasteiger partial charge on any atom is 0.328 e. The fraction of sp³-hybridized carbons (Fsp3) is 0.550. The Morgan fingerprint density at radius 3 is 2.29 bits per heavy atom. The fourth-order valence-corrected chi connectivity index (χ4v) is 3.87. The van der Waals surface area contributed by atoms with Crippen LogP contribution in [0.1, 0.15) is 37.0 Å². The number of ether oxygens (including phenoxy) is 2. The van der Waals surface area contributed by atoms with Crippen LogP contribution < -0.4 is 4.74 Å². The van der Waals surface area contributed by atoms with Gasteiger partial charge < -0.3 is 19.5 Å². The highest BCUT2D eigenvalue weighted by atomic mass is 16.5. The summed E-state index contributed by atoms with van der Waals surface area (Å²) in [5.41, 5.74) is -0.633. The smallest absolute Gasteiger partial charge is 0.328 e. The van der Waals surface area contributed by atoms with Crippen molar-refractivity contribution in [2.75, 3.05) is 26.8 Å². The molecular weight excluding hydrogens is 364 g/mol. The van der Waals surface area contributed by atoms with Crippen LogP contribution in [-0.2, 0) is 14.3 Å². The molecule has 0 bridgehead atoms. The molecular formula is C20H26N2O6. The van der Waals surface area contributed by atoms with E-state index in [0.29, 0.717) is 37.2 Å². The van der Waals surface area contributed by atoms with Crippen molar-refractivity contribution in [1.82, 2.24) is 9.80 Å². The number of carbonyl (C=O) groups excluding carboxylic acids is 2. The van der Waals surface area contributed by atoms with Gasteiger partial charge in [-0.05, 0) is 24.3 Å². The van der Waals surface area contributed by atoms with Gasteiger partial charge in [-0.1, -0.05) is 13.8 Å². The Labute approximate surface area is 164 Å². The first-order chi connectivity index (χ1) is 13.3. The zero-order valence-corrected chi connectivity index (χ0v) is 16.4. The summed E-state index contributed by atoms with van der Waals surface area (Å²) in [6.07, 6.45) is 0.772. The minimum atomic E-state index is -1.10. The predicted molar refractivity (Wildman–Crippen MR) is 99.9 cm³/mol. The van der Waals surface area contributed by atoms with Crippen molar-refractivity contribution in [1.29, 1.82) is 0 Å². The minimum absolute atomic E-state index is 0.0515. The van der Waals surface area contributed by atoms with Gasteiger partial charge in [0.05, 0.1) is 13.7 Å². The highest BCUT2D eigenvalue weighted by molar-refractivity contribution is 5.97. The Morgan fingerprint density at radius 2 is 1.79 bits per heavy atom. The maximum atomic E-state index is 13.2. The van der Waals surface area contributed by atoms with Crippen molar-refractivity contribution in [2.45, 2.75) is 38.5 Å². The number of nitrogens with zero attached hydrogens (tertiary/aromatic N) is 2. The third-order valence-electron chi connectivity index (χ3n) is 5.45. The van der Waals surface area contributed by atoms with Crippen LogP contribution in [-0.4, -0.2) is 71.3 Å². The monoisotopic (exact) mass is 390 g/mol. The van der Waals surface area contributed by atoms with Gasteiger partial charge in [-0.2, -0.15) is 0 Å². The molecule has 0 saturated carbocycles. The molecule has 1 spiro atoms. The lowest BCUT2D eigenvalue weighted by molar-refractivity contribution is -0.149. The van der Waals surface area contributed by atoms with E-state index in [1.54, 1.807) is 29.2 Å². The van der Waals surface area contributed by atoms with Crippen LogP contribution in [0, 0.1) is 5.92 Å². The number of benzene rings is 1. The topological polar surface area (TPSA) is 96.4 Å². The summed E-state index contributed by atoms with van der Waals surface area (Å²) in [4.78, 5) is 40.4. The van der Waals surface area contributed by atoms with E-state index in [1.807, 2.05) is 13.8 Å². The second-order valence-electron chi connectivity index (χ2n) is 7.49. The molecule has 8 nitrogen and oxygen atoms in total. The zero-order chi connectivity index (χ0) is 20.5. The fourth-order valence-electron chi connectivity index (χ4n) is 3.87. The first-order valence-corrected chi connectivity index (χ1v) is 9.42. The number of carbonyl (C=O) groups is 3. The summed E-state index contributed by atoms with van der Waals surface area (Å²) in [6, 6.07) is 5.50. The van der Waals surface area contributed by atoms with E-state index in [9.17, 15) is 19.5 Å². The van der Waals surface area contributed by atoms with Crippen molar-refractivity contribution in [2.24, 2.45) is 5.92 Å². The van der Waals surface area contributed by atoms with Crippen molar-refractivity contribution in [3.05, 3.63) is 29.8 Å². The number of carboxylic acids is 1. The van der Waals surface area contributed by atoms with Gasteiger partial charge in [-0.15, -0.1) is 0 Å². The molecule has 0 aromatic heterocycles. The molecule has 1 N–H and O–H groups in total. The molecule has 0 radical (unpaired) electrons. The van der Waals surface area contributed by atoms with Gasteiger partial charge in [0, 0.05) is 37.4 Å². The highest BCUT2D eigenvalue weighted by Crippen LogP contribution is 2.38. The number of aliphatic carboxylic acids is 1. The standard InChI is InChI=1S/C20H26N2O6/c1-13(2)17(23)21-10-8-20(9-11-21)22(16(12-28-20)19(25)26)18(24)14-4-6-15(27-3)7-5-14/h4-7,13,16H,8-12H2,1-3H3,(H,25,26)/t16-/m0/s1. The van der Waals surface area contributed by atoms with Gasteiger partial charge in [-0.3, -0.25) is 14.5 Å². The van der Waals surface area contributed by atoms with E-state index in [0.717, 1.165) is 0 Å². The van der Waals surface area contributed by atoms with E-state index in [4.69, 9.17) is 9.47 Å². The van der Waals surface area contributed by atoms with Crippen LogP contribution in [0.3, 0.4) is 0 Å². The summed E-state index contributed by atoms with van der Waals surface area (Å²) >= 11 is 0. The second-order valence-corrected chi connectivity index (χ2v) is 7.49. The molecule has 8 heteroatoms. The first kappa shape index (κ1) is 20.1. The van der Waals surface area contributed by atoms with Crippen LogP contribution in [0.4, 0.5) is 0 Å². The molecule has 1 aromatic carbocycles. The molecule has 1 atom stereocenters. The summed E-state index contributed by atoms with van der Waals surface area (Å²) in [5, 5.41) is 9.63. The van der Waals surface area contributed by atoms with Crippen LogP contribution >= 0.6 is 0 Å². The summed E-state index contributed by atoms with van der Waals surface area (Å²) < 4.78 is 11.0. The van der Waals surface area contributed by atoms with Gasteiger partial charge in [0.15, 0.2) is 6.04 Å². The summed E-state index contributed by atoms with van der Waals surface area (Å²) in [5.74, 6) is -0.937. The number of piperidine rings is 1. The lowest BCUT2D eigenvalue weighted by Gasteiger charge is -2.44. The molecule has 1 aromatic rings. The Bertz CT molecular complexity index is 752. The van der Waals surface area contributed by atoms with Crippen LogP contribution in [0.5, 0.6) is 5.75 Å². The van der Waals surface area contributed by atoms with E-state index >= 15 is 0 Å². The number of carboxylic acid groups (broad SMARTS) is 1. The molecule has 3 rings (SSSR count). The van der Waals surface area contributed by atoms with Crippen molar-refractivity contribution < 1.29 is 29.0 Å². The molecule has 28 heavy (non-hydrogen) atoms. The number of amides is 2. The Kier molecular flexibility index (Phi) is 5.60. The summed E-state index contributed by atoms with van der Waals surface area (Å²) in [7, 11) is 1.53. The molecule has 2 fully saturated rings. The normalized spacial score (nSPS) is 21.2. The number of rotatable bonds is 4. The third-order valence-corrected chi connectivity index (χ3v) is 5.45. The molecule has 2 amide bonds. The van der Waals surface area contributed by atoms with Gasteiger partial charge in [0.25, 0.3) is 5.91 Å². The Morgan fingerprint density at radius 1 is 1.18 bits per heavy atom. The van der Waals surface area contributed by atoms with Gasteiger partial charge >= 0.3 is 5.97 Å². The Hall–Kier alpha value is -2.61. The number of hydrogen-bond acceptors (Lipinski definition) is 5. The van der Waals surface area contributed by atoms with Crippen LogP contribution in [0.15, 0.2) is 24.3 Å². The largest absolute Gasteiger partial charge is 0.497 e. The van der Waals surface area contributed by atoms with Gasteiger partial charge in [0.1, 0.15) is 11.5 Å². The molecule has 2 heterocycles. The van der Waals surface area contributed by atoms with Crippen LogP contribution in [0.25, 0.3) is 0 Å². The number of likely N-dealkylation sites (tertiary alicyclic amines) is 1. The lowest BCUT2D eigenvalue weighted by Crippen LogP contribution is -2.59. The van der Waals surface area contributed by atoms with Crippen LogP contribution in [0.2, 0.25) is 0 Å². The average molecular weight is 390 g/mol. The van der Waals surface area contributed by atoms with E-state index in [1.165, 1.54) is 12.0 Å². The zero-order valence-electron chi connectivity index (χ0n) is 16.4. The molecule has 2 aliphatic heterocycles. The molecule has 2 aliphatic rings. The molecule has 152 valence electrons. The SMILES string of the molecule is COc1ccc(C(=O)N2[C@H](C(=O)O)COC23CCN(C(=O)C(C)C)CC3)cc1. The van der Waals surface area contributed by atoms with Crippen molar-refractivity contribution in [3.8, 4) is 5.75 Å². The quantitative estimate of drug-likeness (QED) is 0.839. The molecule has 0 aliphatic carbocycles. The van der Waals surface area contributed by atoms with E-state index in [2.05, 4.69) is 0 Å². The predicted octanol–water partition coefficient (Wildman–Crippen LogP) is 1.60. The minimum Gasteiger partial charge on any atom is -0.497 e. The third kappa shape index (κ3) is 3.56. The molecule has 0 unspecified atom stereocenters. The molecule has 2 saturated heterocycles. The van der Waals surface area contributed by atoms with Gasteiger partial charge in [0.2, 0.25) is 5.91 Å². The van der Waals surface area contributed by atoms with Gasteiger partial charge in [-0.25, -0.2) is 4.79 Å². The van der Waals surface area contributed by atoms with Crippen molar-refractivity contribution in [3.63, 3.8) is 0 Å².